The van der Waals surface area contributed by atoms with E-state index in [4.69, 9.17) is 0 Å². The van der Waals surface area contributed by atoms with E-state index < -0.39 is 10.0 Å². The van der Waals surface area contributed by atoms with Gasteiger partial charge < -0.3 is 0 Å². The average Bonchev–Trinajstić information content (AvgIpc) is 2.60. The summed E-state index contributed by atoms with van der Waals surface area (Å²) >= 11 is 3.35. The molecule has 0 amide bonds. The molecule has 0 aliphatic rings. The van der Waals surface area contributed by atoms with Crippen molar-refractivity contribution in [1.29, 1.82) is 0 Å². The van der Waals surface area contributed by atoms with E-state index in [0.29, 0.717) is 11.4 Å². The summed E-state index contributed by atoms with van der Waals surface area (Å²) in [5.41, 5.74) is 1.99. The maximum Gasteiger partial charge on any atom is 0.262 e. The molecule has 0 saturated carbocycles. The number of nitrogens with zero attached hydrogens (tertiary/aromatic N) is 2. The first-order valence-corrected chi connectivity index (χ1v) is 7.86. The van der Waals surface area contributed by atoms with Crippen molar-refractivity contribution in [3.63, 3.8) is 0 Å². The van der Waals surface area contributed by atoms with Crippen LogP contribution in [0.4, 0.5) is 5.69 Å². The van der Waals surface area contributed by atoms with Crippen LogP contribution in [0.25, 0.3) is 0 Å². The lowest BCUT2D eigenvalue weighted by molar-refractivity contribution is 0.601. The zero-order chi connectivity index (χ0) is 14.2. The number of hydrogen-bond donors (Lipinski definition) is 1. The van der Waals surface area contributed by atoms with Gasteiger partial charge in [0.1, 0.15) is 0 Å². The minimum Gasteiger partial charge on any atom is -0.276 e. The van der Waals surface area contributed by atoms with Gasteiger partial charge in [0.05, 0.1) is 16.3 Å². The molecule has 7 heteroatoms. The van der Waals surface area contributed by atoms with E-state index in [9.17, 15) is 8.42 Å². The Morgan fingerprint density at radius 3 is 2.53 bits per heavy atom. The Balaban J connectivity index is 2.37. The van der Waals surface area contributed by atoms with Crippen molar-refractivity contribution in [2.45, 2.75) is 18.7 Å². The fourth-order valence-electron chi connectivity index (χ4n) is 1.69. The van der Waals surface area contributed by atoms with Gasteiger partial charge in [-0.25, -0.2) is 8.42 Å². The second kappa shape index (κ2) is 4.97. The van der Waals surface area contributed by atoms with Crippen LogP contribution in [0.2, 0.25) is 0 Å². The van der Waals surface area contributed by atoms with Crippen molar-refractivity contribution in [2.24, 2.45) is 7.05 Å². The Labute approximate surface area is 120 Å². The molecule has 5 nitrogen and oxygen atoms in total. The van der Waals surface area contributed by atoms with Crippen LogP contribution in [0.5, 0.6) is 0 Å². The van der Waals surface area contributed by atoms with Crippen LogP contribution in [0.1, 0.15) is 11.3 Å². The van der Waals surface area contributed by atoms with Gasteiger partial charge in [0.2, 0.25) is 0 Å². The molecule has 2 aromatic rings. The summed E-state index contributed by atoms with van der Waals surface area (Å²) in [6.45, 7) is 3.60. The summed E-state index contributed by atoms with van der Waals surface area (Å²) in [5.74, 6) is 0. The van der Waals surface area contributed by atoms with E-state index in [2.05, 4.69) is 25.8 Å². The number of benzene rings is 1. The highest BCUT2D eigenvalue weighted by Gasteiger charge is 2.17. The van der Waals surface area contributed by atoms with Gasteiger partial charge in [-0.2, -0.15) is 5.10 Å². The average molecular weight is 344 g/mol. The molecule has 0 atom stereocenters. The number of hydrogen-bond acceptors (Lipinski definition) is 3. The van der Waals surface area contributed by atoms with E-state index in [1.165, 1.54) is 0 Å². The molecule has 2 rings (SSSR count). The number of aryl methyl sites for hydroxylation is 3. The molecule has 0 radical (unpaired) electrons. The summed E-state index contributed by atoms with van der Waals surface area (Å²) in [4.78, 5) is 0.233. The fraction of sp³-hybridized carbons (Fsp3) is 0.250. The third-order valence-corrected chi connectivity index (χ3v) is 4.95. The molecule has 0 aliphatic heterocycles. The molecule has 1 aromatic carbocycles. The topological polar surface area (TPSA) is 64.0 Å². The van der Waals surface area contributed by atoms with Crippen LogP contribution in [0.15, 0.2) is 33.8 Å². The summed E-state index contributed by atoms with van der Waals surface area (Å²) in [6, 6.07) is 4.91. The van der Waals surface area contributed by atoms with Crippen molar-refractivity contribution in [1.82, 2.24) is 9.78 Å². The highest BCUT2D eigenvalue weighted by Crippen LogP contribution is 2.22. The quantitative estimate of drug-likeness (QED) is 0.931. The van der Waals surface area contributed by atoms with Crippen LogP contribution in [0.3, 0.4) is 0 Å². The second-order valence-electron chi connectivity index (χ2n) is 4.32. The van der Waals surface area contributed by atoms with Crippen LogP contribution in [-0.4, -0.2) is 18.2 Å². The van der Waals surface area contributed by atoms with Crippen molar-refractivity contribution in [2.75, 3.05) is 4.72 Å². The molecule has 0 saturated heterocycles. The van der Waals surface area contributed by atoms with Crippen LogP contribution < -0.4 is 4.72 Å². The minimum atomic E-state index is -3.59. The van der Waals surface area contributed by atoms with Crippen molar-refractivity contribution in [3.05, 3.63) is 40.1 Å². The SMILES string of the molecule is Cc1cc(S(=O)(=O)Nc2cn(C)nc2C)ccc1Br. The number of nitrogens with one attached hydrogen (secondary N) is 1. The highest BCUT2D eigenvalue weighted by atomic mass is 79.9. The highest BCUT2D eigenvalue weighted by molar-refractivity contribution is 9.10. The molecule has 1 heterocycles. The maximum atomic E-state index is 12.3. The molecule has 102 valence electrons. The minimum absolute atomic E-state index is 0.233. The molecular weight excluding hydrogens is 330 g/mol. The second-order valence-corrected chi connectivity index (χ2v) is 6.86. The number of anilines is 1. The predicted octanol–water partition coefficient (Wildman–Crippen LogP) is 2.60. The predicted molar refractivity (Wildman–Crippen MR) is 77.6 cm³/mol. The maximum absolute atomic E-state index is 12.3. The van der Waals surface area contributed by atoms with Gasteiger partial charge in [-0.15, -0.1) is 0 Å². The van der Waals surface area contributed by atoms with Gasteiger partial charge in [-0.1, -0.05) is 15.9 Å². The van der Waals surface area contributed by atoms with Crippen molar-refractivity contribution >= 4 is 31.6 Å². The molecule has 0 spiro atoms. The molecule has 1 aromatic heterocycles. The molecule has 0 fully saturated rings. The fourth-order valence-corrected chi connectivity index (χ4v) is 3.12. The first kappa shape index (κ1) is 14.1. The van der Waals surface area contributed by atoms with Gasteiger partial charge in [0.15, 0.2) is 0 Å². The molecule has 0 bridgehead atoms. The van der Waals surface area contributed by atoms with E-state index in [1.54, 1.807) is 43.0 Å². The van der Waals surface area contributed by atoms with Crippen LogP contribution >= 0.6 is 15.9 Å². The largest absolute Gasteiger partial charge is 0.276 e. The zero-order valence-corrected chi connectivity index (χ0v) is 13.2. The van der Waals surface area contributed by atoms with E-state index >= 15 is 0 Å². The lowest BCUT2D eigenvalue weighted by atomic mass is 10.2. The van der Waals surface area contributed by atoms with Crippen molar-refractivity contribution < 1.29 is 8.42 Å². The van der Waals surface area contributed by atoms with E-state index in [-0.39, 0.29) is 4.90 Å². The first-order chi connectivity index (χ1) is 8.79. The van der Waals surface area contributed by atoms with E-state index in [1.807, 2.05) is 6.92 Å². The molecule has 1 N–H and O–H groups in total. The smallest absolute Gasteiger partial charge is 0.262 e. The number of sulfonamides is 1. The Hall–Kier alpha value is -1.34. The van der Waals surface area contributed by atoms with E-state index in [0.717, 1.165) is 10.0 Å². The van der Waals surface area contributed by atoms with Crippen LogP contribution in [0, 0.1) is 13.8 Å². The summed E-state index contributed by atoms with van der Waals surface area (Å²) in [7, 11) is -1.84. The normalized spacial score (nSPS) is 11.6. The molecular formula is C12H14BrN3O2S. The monoisotopic (exact) mass is 343 g/mol. The first-order valence-electron chi connectivity index (χ1n) is 5.59. The van der Waals surface area contributed by atoms with Gasteiger partial charge in [-0.05, 0) is 37.6 Å². The zero-order valence-electron chi connectivity index (χ0n) is 10.8. The Morgan fingerprint density at radius 1 is 1.32 bits per heavy atom. The van der Waals surface area contributed by atoms with Gasteiger partial charge in [0, 0.05) is 17.7 Å². The Morgan fingerprint density at radius 2 is 2.00 bits per heavy atom. The third kappa shape index (κ3) is 2.98. The molecule has 19 heavy (non-hydrogen) atoms. The van der Waals surface area contributed by atoms with Gasteiger partial charge in [-0.3, -0.25) is 9.40 Å². The number of rotatable bonds is 3. The van der Waals surface area contributed by atoms with Crippen molar-refractivity contribution in [3.8, 4) is 0 Å². The standard InChI is InChI=1S/C12H14BrN3O2S/c1-8-6-10(4-5-11(8)13)19(17,18)15-12-7-16(3)14-9(12)2/h4-7,15H,1-3H3. The molecule has 0 aliphatic carbocycles. The molecule has 0 unspecified atom stereocenters. The number of halogens is 1. The van der Waals surface area contributed by atoms with Gasteiger partial charge >= 0.3 is 0 Å². The summed E-state index contributed by atoms with van der Waals surface area (Å²) in [5, 5.41) is 4.10. The third-order valence-electron chi connectivity index (χ3n) is 2.70. The Bertz CT molecular complexity index is 723. The summed E-state index contributed by atoms with van der Waals surface area (Å²) < 4.78 is 29.5. The van der Waals surface area contributed by atoms with Crippen LogP contribution in [-0.2, 0) is 17.1 Å². The van der Waals surface area contributed by atoms with Gasteiger partial charge in [0.25, 0.3) is 10.0 Å². The lowest BCUT2D eigenvalue weighted by Gasteiger charge is -2.08. The lowest BCUT2D eigenvalue weighted by Crippen LogP contribution is -2.13. The number of aromatic nitrogens is 2. The Kier molecular flexibility index (Phi) is 3.69. The summed E-state index contributed by atoms with van der Waals surface area (Å²) in [6.07, 6.45) is 1.64.